The summed E-state index contributed by atoms with van der Waals surface area (Å²) in [5.74, 6) is 0.0896. The molecular weight excluding hydrogens is 244 g/mol. The summed E-state index contributed by atoms with van der Waals surface area (Å²) < 4.78 is 6.43. The van der Waals surface area contributed by atoms with Gasteiger partial charge in [-0.05, 0) is 23.8 Å². The second kappa shape index (κ2) is 2.78. The van der Waals surface area contributed by atoms with E-state index in [0.717, 1.165) is 21.2 Å². The normalized spacial score (nSPS) is 28.9. The van der Waals surface area contributed by atoms with E-state index in [1.807, 2.05) is 18.2 Å². The maximum absolute atomic E-state index is 11.6. The molecule has 2 aliphatic carbocycles. The van der Waals surface area contributed by atoms with Crippen molar-refractivity contribution < 1.29 is 9.53 Å². The molecule has 0 fully saturated rings. The molecule has 1 unspecified atom stereocenters. The fraction of sp³-hybridized carbons (Fsp3) is 0.182. The minimum atomic E-state index is -0.0352. The maximum atomic E-state index is 11.6. The van der Waals surface area contributed by atoms with E-state index in [1.54, 1.807) is 6.08 Å². The number of ketones is 1. The fourth-order valence-corrected chi connectivity index (χ4v) is 2.58. The Bertz CT molecular complexity index is 452. The van der Waals surface area contributed by atoms with Crippen LogP contribution in [-0.4, -0.2) is 18.5 Å². The monoisotopic (exact) mass is 250 g/mol. The van der Waals surface area contributed by atoms with E-state index in [1.165, 1.54) is 0 Å². The SMILES string of the molecule is O=C1C=CC2=C1C1=CCOC1C=C2Br. The first-order valence-electron chi connectivity index (χ1n) is 4.44. The van der Waals surface area contributed by atoms with Gasteiger partial charge in [-0.25, -0.2) is 0 Å². The first-order valence-corrected chi connectivity index (χ1v) is 5.23. The lowest BCUT2D eigenvalue weighted by molar-refractivity contribution is -0.111. The van der Waals surface area contributed by atoms with Gasteiger partial charge in [0.05, 0.1) is 6.61 Å². The van der Waals surface area contributed by atoms with Gasteiger partial charge >= 0.3 is 0 Å². The molecule has 1 atom stereocenters. The third-order valence-corrected chi connectivity index (χ3v) is 3.34. The molecule has 0 spiro atoms. The number of hydrogen-bond donors (Lipinski definition) is 0. The molecule has 0 amide bonds. The molecule has 14 heavy (non-hydrogen) atoms. The molecule has 1 heterocycles. The number of rotatable bonds is 0. The summed E-state index contributed by atoms with van der Waals surface area (Å²) in [5.41, 5.74) is 2.82. The summed E-state index contributed by atoms with van der Waals surface area (Å²) in [6.45, 7) is 0.598. The molecule has 0 aromatic heterocycles. The third kappa shape index (κ3) is 0.967. The van der Waals surface area contributed by atoms with Crippen molar-refractivity contribution in [3.63, 3.8) is 0 Å². The van der Waals surface area contributed by atoms with Gasteiger partial charge in [-0.2, -0.15) is 0 Å². The van der Waals surface area contributed by atoms with E-state index in [0.29, 0.717) is 6.61 Å². The first kappa shape index (κ1) is 8.38. The Kier molecular flexibility index (Phi) is 1.66. The molecule has 3 rings (SSSR count). The van der Waals surface area contributed by atoms with Crippen LogP contribution < -0.4 is 0 Å². The highest BCUT2D eigenvalue weighted by Crippen LogP contribution is 2.40. The molecule has 2 nitrogen and oxygen atoms in total. The zero-order valence-corrected chi connectivity index (χ0v) is 8.87. The molecule has 3 heteroatoms. The highest BCUT2D eigenvalue weighted by Gasteiger charge is 2.33. The van der Waals surface area contributed by atoms with Crippen LogP contribution in [0.4, 0.5) is 0 Å². The fourth-order valence-electron chi connectivity index (χ4n) is 2.01. The molecule has 0 bridgehead atoms. The number of allylic oxidation sites excluding steroid dienone is 4. The van der Waals surface area contributed by atoms with Gasteiger partial charge < -0.3 is 4.74 Å². The van der Waals surface area contributed by atoms with Gasteiger partial charge in [-0.1, -0.05) is 22.0 Å². The molecule has 0 saturated carbocycles. The minimum absolute atomic E-state index is 0.0352. The Hall–Kier alpha value is -0.930. The number of fused-ring (bicyclic) bond motifs is 2. The summed E-state index contributed by atoms with van der Waals surface area (Å²) >= 11 is 3.45. The Morgan fingerprint density at radius 1 is 1.43 bits per heavy atom. The van der Waals surface area contributed by atoms with Gasteiger partial charge in [0, 0.05) is 15.6 Å². The average Bonchev–Trinajstić information content (AvgIpc) is 2.71. The summed E-state index contributed by atoms with van der Waals surface area (Å²) in [7, 11) is 0. The van der Waals surface area contributed by atoms with Crippen molar-refractivity contribution >= 4 is 21.7 Å². The smallest absolute Gasteiger partial charge is 0.186 e. The first-order chi connectivity index (χ1) is 6.77. The highest BCUT2D eigenvalue weighted by atomic mass is 79.9. The van der Waals surface area contributed by atoms with Crippen molar-refractivity contribution in [2.45, 2.75) is 6.10 Å². The van der Waals surface area contributed by atoms with Crippen molar-refractivity contribution in [1.29, 1.82) is 0 Å². The molecule has 3 aliphatic rings. The number of carbonyl (C=O) groups excluding carboxylic acids is 1. The molecule has 0 N–H and O–H groups in total. The van der Waals surface area contributed by atoms with Gasteiger partial charge in [-0.15, -0.1) is 0 Å². The Morgan fingerprint density at radius 2 is 2.29 bits per heavy atom. The van der Waals surface area contributed by atoms with Crippen LogP contribution in [0.15, 0.2) is 45.5 Å². The lowest BCUT2D eigenvalue weighted by Crippen LogP contribution is -2.16. The zero-order chi connectivity index (χ0) is 9.71. The molecule has 0 saturated heterocycles. The Balaban J connectivity index is 2.21. The van der Waals surface area contributed by atoms with E-state index >= 15 is 0 Å². The average molecular weight is 251 g/mol. The number of ether oxygens (including phenoxy) is 1. The molecular formula is C11H7BrO2. The molecule has 1 aliphatic heterocycles. The Labute approximate surface area is 89.8 Å². The molecule has 0 aromatic rings. The number of hydrogen-bond acceptors (Lipinski definition) is 2. The zero-order valence-electron chi connectivity index (χ0n) is 7.29. The van der Waals surface area contributed by atoms with E-state index in [-0.39, 0.29) is 11.9 Å². The predicted octanol–water partition coefficient (Wildman–Crippen LogP) is 2.04. The van der Waals surface area contributed by atoms with Crippen LogP contribution in [0.2, 0.25) is 0 Å². The van der Waals surface area contributed by atoms with Crippen LogP contribution in [-0.2, 0) is 9.53 Å². The standard InChI is InChI=1S/C11H7BrO2/c12-8-5-10-7(3-4-14-10)11-6(8)1-2-9(11)13/h1-3,5,10H,4H2. The van der Waals surface area contributed by atoms with Crippen molar-refractivity contribution in [2.24, 2.45) is 0 Å². The summed E-state index contributed by atoms with van der Waals surface area (Å²) in [6.07, 6.45) is 7.42. The van der Waals surface area contributed by atoms with Crippen LogP contribution in [0.3, 0.4) is 0 Å². The predicted molar refractivity (Wildman–Crippen MR) is 56.0 cm³/mol. The van der Waals surface area contributed by atoms with Gasteiger partial charge in [0.2, 0.25) is 0 Å². The maximum Gasteiger partial charge on any atom is 0.186 e. The van der Waals surface area contributed by atoms with E-state index in [4.69, 9.17) is 4.74 Å². The summed E-state index contributed by atoms with van der Waals surface area (Å²) in [6, 6.07) is 0. The largest absolute Gasteiger partial charge is 0.365 e. The summed E-state index contributed by atoms with van der Waals surface area (Å²) in [5, 5.41) is 0. The molecule has 0 radical (unpaired) electrons. The van der Waals surface area contributed by atoms with E-state index < -0.39 is 0 Å². The van der Waals surface area contributed by atoms with Gasteiger partial charge in [0.1, 0.15) is 6.10 Å². The lowest BCUT2D eigenvalue weighted by atomic mass is 9.92. The lowest BCUT2D eigenvalue weighted by Gasteiger charge is -2.18. The minimum Gasteiger partial charge on any atom is -0.365 e. The number of halogens is 1. The highest BCUT2D eigenvalue weighted by molar-refractivity contribution is 9.12. The number of carbonyl (C=O) groups is 1. The quantitative estimate of drug-likeness (QED) is 0.658. The van der Waals surface area contributed by atoms with Crippen molar-refractivity contribution in [3.8, 4) is 0 Å². The van der Waals surface area contributed by atoms with Crippen molar-refractivity contribution in [3.05, 3.63) is 45.5 Å². The van der Waals surface area contributed by atoms with Crippen LogP contribution in [0, 0.1) is 0 Å². The molecule has 0 aromatic carbocycles. The van der Waals surface area contributed by atoms with Crippen LogP contribution in [0.25, 0.3) is 0 Å². The van der Waals surface area contributed by atoms with E-state index in [2.05, 4.69) is 15.9 Å². The summed E-state index contributed by atoms with van der Waals surface area (Å²) in [4.78, 5) is 11.6. The van der Waals surface area contributed by atoms with Crippen molar-refractivity contribution in [1.82, 2.24) is 0 Å². The van der Waals surface area contributed by atoms with Gasteiger partial charge in [0.15, 0.2) is 5.78 Å². The van der Waals surface area contributed by atoms with E-state index in [9.17, 15) is 4.79 Å². The van der Waals surface area contributed by atoms with Gasteiger partial charge in [-0.3, -0.25) is 4.79 Å². The van der Waals surface area contributed by atoms with Crippen molar-refractivity contribution in [2.75, 3.05) is 6.61 Å². The topological polar surface area (TPSA) is 26.3 Å². The Morgan fingerprint density at radius 3 is 3.14 bits per heavy atom. The third-order valence-electron chi connectivity index (χ3n) is 2.65. The van der Waals surface area contributed by atoms with Crippen LogP contribution >= 0.6 is 15.9 Å². The van der Waals surface area contributed by atoms with Gasteiger partial charge in [0.25, 0.3) is 0 Å². The second-order valence-corrected chi connectivity index (χ2v) is 4.27. The van der Waals surface area contributed by atoms with Crippen LogP contribution in [0.5, 0.6) is 0 Å². The molecule has 70 valence electrons. The van der Waals surface area contributed by atoms with Crippen LogP contribution in [0.1, 0.15) is 0 Å². The second-order valence-electron chi connectivity index (χ2n) is 3.41.